The Morgan fingerprint density at radius 1 is 1.00 bits per heavy atom. The Balaban J connectivity index is 1.97. The van der Waals surface area contributed by atoms with Gasteiger partial charge in [-0.3, -0.25) is 10.1 Å². The van der Waals surface area contributed by atoms with E-state index in [0.717, 1.165) is 12.0 Å². The van der Waals surface area contributed by atoms with E-state index < -0.39 is 11.9 Å². The van der Waals surface area contributed by atoms with E-state index >= 15 is 0 Å². The van der Waals surface area contributed by atoms with Crippen molar-refractivity contribution in [1.29, 1.82) is 0 Å². The first-order valence-corrected chi connectivity index (χ1v) is 6.45. The van der Waals surface area contributed by atoms with Crippen LogP contribution in [-0.4, -0.2) is 11.9 Å². The molecular weight excluding hydrogens is 252 g/mol. The molecule has 0 aromatic heterocycles. The zero-order valence-electron chi connectivity index (χ0n) is 11.2. The lowest BCUT2D eigenvalue weighted by Crippen LogP contribution is -2.34. The quantitative estimate of drug-likeness (QED) is 0.898. The Hall–Kier alpha value is -2.62. The first kappa shape index (κ1) is 13.8. The number of benzene rings is 2. The molecule has 0 bridgehead atoms. The van der Waals surface area contributed by atoms with Crippen molar-refractivity contribution in [2.24, 2.45) is 0 Å². The molecule has 0 unspecified atom stereocenters. The standard InChI is InChI=1S/C16H16N2O2/c1-2-12-7-6-10-14(11-12)17-16(20)18-15(19)13-8-4-3-5-9-13/h3-11H,2H2,1H3,(H2,17,18,19,20). The third-order valence-corrected chi connectivity index (χ3v) is 2.86. The van der Waals surface area contributed by atoms with E-state index in [1.165, 1.54) is 0 Å². The molecule has 0 spiro atoms. The summed E-state index contributed by atoms with van der Waals surface area (Å²) in [7, 11) is 0. The summed E-state index contributed by atoms with van der Waals surface area (Å²) in [5, 5.41) is 4.94. The van der Waals surface area contributed by atoms with Gasteiger partial charge in [0, 0.05) is 11.3 Å². The van der Waals surface area contributed by atoms with Gasteiger partial charge in [0.05, 0.1) is 0 Å². The lowest BCUT2D eigenvalue weighted by atomic mass is 10.1. The molecule has 102 valence electrons. The zero-order valence-corrected chi connectivity index (χ0v) is 11.2. The highest BCUT2D eigenvalue weighted by Crippen LogP contribution is 2.10. The third kappa shape index (κ3) is 3.68. The summed E-state index contributed by atoms with van der Waals surface area (Å²) in [4.78, 5) is 23.5. The molecule has 0 saturated carbocycles. The van der Waals surface area contributed by atoms with Crippen LogP contribution in [0.15, 0.2) is 54.6 Å². The van der Waals surface area contributed by atoms with Gasteiger partial charge >= 0.3 is 6.03 Å². The molecule has 0 atom stereocenters. The number of imide groups is 1. The maximum Gasteiger partial charge on any atom is 0.326 e. The fourth-order valence-electron chi connectivity index (χ4n) is 1.80. The fourth-order valence-corrected chi connectivity index (χ4v) is 1.80. The number of hydrogen-bond donors (Lipinski definition) is 2. The van der Waals surface area contributed by atoms with Gasteiger partial charge in [0.1, 0.15) is 0 Å². The molecule has 0 saturated heterocycles. The number of amides is 3. The first-order valence-electron chi connectivity index (χ1n) is 6.45. The van der Waals surface area contributed by atoms with E-state index in [0.29, 0.717) is 11.3 Å². The maximum atomic E-state index is 11.8. The lowest BCUT2D eigenvalue weighted by molar-refractivity contribution is 0.0967. The summed E-state index contributed by atoms with van der Waals surface area (Å²) in [6, 6.07) is 15.6. The molecular formula is C16H16N2O2. The minimum absolute atomic E-state index is 0.422. The Morgan fingerprint density at radius 2 is 1.75 bits per heavy atom. The highest BCUT2D eigenvalue weighted by molar-refractivity contribution is 6.07. The summed E-state index contributed by atoms with van der Waals surface area (Å²) in [5.41, 5.74) is 2.24. The number of aryl methyl sites for hydroxylation is 1. The molecule has 0 aliphatic heterocycles. The van der Waals surface area contributed by atoms with Gasteiger partial charge in [0.2, 0.25) is 0 Å². The molecule has 0 aliphatic carbocycles. The van der Waals surface area contributed by atoms with Crippen LogP contribution in [0, 0.1) is 0 Å². The Labute approximate surface area is 117 Å². The average molecular weight is 268 g/mol. The van der Waals surface area contributed by atoms with Crippen LogP contribution in [-0.2, 0) is 6.42 Å². The van der Waals surface area contributed by atoms with Gasteiger partial charge in [0.25, 0.3) is 5.91 Å². The van der Waals surface area contributed by atoms with Crippen molar-refractivity contribution in [3.63, 3.8) is 0 Å². The molecule has 3 amide bonds. The van der Waals surface area contributed by atoms with Gasteiger partial charge in [-0.1, -0.05) is 37.3 Å². The molecule has 2 aromatic rings. The topological polar surface area (TPSA) is 58.2 Å². The molecule has 0 fully saturated rings. The van der Waals surface area contributed by atoms with E-state index in [1.807, 2.05) is 31.2 Å². The Kier molecular flexibility index (Phi) is 4.50. The van der Waals surface area contributed by atoms with Crippen LogP contribution >= 0.6 is 0 Å². The summed E-state index contributed by atoms with van der Waals surface area (Å²) in [6.45, 7) is 2.04. The molecule has 0 aliphatic rings. The highest BCUT2D eigenvalue weighted by Gasteiger charge is 2.09. The van der Waals surface area contributed by atoms with E-state index in [1.54, 1.807) is 30.3 Å². The van der Waals surface area contributed by atoms with Crippen molar-refractivity contribution in [2.75, 3.05) is 5.32 Å². The Morgan fingerprint density at radius 3 is 2.45 bits per heavy atom. The van der Waals surface area contributed by atoms with E-state index in [2.05, 4.69) is 10.6 Å². The van der Waals surface area contributed by atoms with Crippen molar-refractivity contribution >= 4 is 17.6 Å². The van der Waals surface area contributed by atoms with Gasteiger partial charge in [-0.05, 0) is 36.2 Å². The maximum absolute atomic E-state index is 11.8. The van der Waals surface area contributed by atoms with Gasteiger partial charge < -0.3 is 5.32 Å². The van der Waals surface area contributed by atoms with Gasteiger partial charge in [-0.15, -0.1) is 0 Å². The van der Waals surface area contributed by atoms with E-state index in [-0.39, 0.29) is 0 Å². The van der Waals surface area contributed by atoms with Crippen LogP contribution in [0.1, 0.15) is 22.8 Å². The van der Waals surface area contributed by atoms with Gasteiger partial charge in [0.15, 0.2) is 0 Å². The summed E-state index contributed by atoms with van der Waals surface area (Å²) >= 11 is 0. The third-order valence-electron chi connectivity index (χ3n) is 2.86. The summed E-state index contributed by atoms with van der Waals surface area (Å²) in [6.07, 6.45) is 0.889. The van der Waals surface area contributed by atoms with Crippen molar-refractivity contribution in [3.05, 3.63) is 65.7 Å². The van der Waals surface area contributed by atoms with E-state index in [4.69, 9.17) is 0 Å². The number of hydrogen-bond acceptors (Lipinski definition) is 2. The van der Waals surface area contributed by atoms with Gasteiger partial charge in [-0.2, -0.15) is 0 Å². The largest absolute Gasteiger partial charge is 0.326 e. The van der Waals surface area contributed by atoms with Crippen molar-refractivity contribution < 1.29 is 9.59 Å². The van der Waals surface area contributed by atoms with Crippen LogP contribution in [0.3, 0.4) is 0 Å². The molecule has 0 radical (unpaired) electrons. The highest BCUT2D eigenvalue weighted by atomic mass is 16.2. The van der Waals surface area contributed by atoms with E-state index in [9.17, 15) is 9.59 Å². The molecule has 2 rings (SSSR count). The van der Waals surface area contributed by atoms with Crippen LogP contribution < -0.4 is 10.6 Å². The second kappa shape index (κ2) is 6.52. The second-order valence-electron chi connectivity index (χ2n) is 4.33. The molecule has 2 N–H and O–H groups in total. The number of rotatable bonds is 3. The monoisotopic (exact) mass is 268 g/mol. The Bertz CT molecular complexity index is 609. The van der Waals surface area contributed by atoms with Crippen LogP contribution in [0.25, 0.3) is 0 Å². The fraction of sp³-hybridized carbons (Fsp3) is 0.125. The van der Waals surface area contributed by atoms with Gasteiger partial charge in [-0.25, -0.2) is 4.79 Å². The van der Waals surface area contributed by atoms with Crippen LogP contribution in [0.4, 0.5) is 10.5 Å². The number of anilines is 1. The molecule has 4 nitrogen and oxygen atoms in total. The smallest absolute Gasteiger partial charge is 0.308 e. The molecule has 2 aromatic carbocycles. The lowest BCUT2D eigenvalue weighted by Gasteiger charge is -2.07. The number of nitrogens with one attached hydrogen (secondary N) is 2. The van der Waals surface area contributed by atoms with Crippen molar-refractivity contribution in [2.45, 2.75) is 13.3 Å². The van der Waals surface area contributed by atoms with Crippen LogP contribution in [0.2, 0.25) is 0 Å². The number of carbonyl (C=O) groups is 2. The normalized spacial score (nSPS) is 9.85. The predicted molar refractivity (Wildman–Crippen MR) is 78.7 cm³/mol. The molecule has 0 heterocycles. The summed E-state index contributed by atoms with van der Waals surface area (Å²) in [5.74, 6) is -0.422. The van der Waals surface area contributed by atoms with Crippen molar-refractivity contribution in [3.8, 4) is 0 Å². The number of urea groups is 1. The number of carbonyl (C=O) groups excluding carboxylic acids is 2. The molecule has 20 heavy (non-hydrogen) atoms. The van der Waals surface area contributed by atoms with Crippen molar-refractivity contribution in [1.82, 2.24) is 5.32 Å². The summed E-state index contributed by atoms with van der Waals surface area (Å²) < 4.78 is 0. The second-order valence-corrected chi connectivity index (χ2v) is 4.33. The zero-order chi connectivity index (χ0) is 14.4. The molecule has 4 heteroatoms. The average Bonchev–Trinajstić information content (AvgIpc) is 2.48. The SMILES string of the molecule is CCc1cccc(NC(=O)NC(=O)c2ccccc2)c1. The minimum Gasteiger partial charge on any atom is -0.308 e. The first-order chi connectivity index (χ1) is 9.69. The predicted octanol–water partition coefficient (Wildman–Crippen LogP) is 3.21. The minimum atomic E-state index is -0.535. The van der Waals surface area contributed by atoms with Crippen LogP contribution in [0.5, 0.6) is 0 Å².